The molecule has 1 atom stereocenters. The van der Waals surface area contributed by atoms with E-state index < -0.39 is 21.1 Å². The fourth-order valence-corrected chi connectivity index (χ4v) is 4.79. The molecule has 1 aromatic heterocycles. The number of hydrogen-bond donors (Lipinski definition) is 1. The Labute approximate surface area is 116 Å². The van der Waals surface area contributed by atoms with Crippen LogP contribution in [0.4, 0.5) is 5.69 Å². The first kappa shape index (κ1) is 14.2. The molecule has 0 bridgehead atoms. The number of thioether (sulfide) groups is 1. The first-order valence-electron chi connectivity index (χ1n) is 5.67. The van der Waals surface area contributed by atoms with Crippen LogP contribution in [0.1, 0.15) is 10.5 Å². The first-order valence-corrected chi connectivity index (χ1v) is 8.78. The third-order valence-electron chi connectivity index (χ3n) is 2.90. The molecule has 19 heavy (non-hydrogen) atoms. The van der Waals surface area contributed by atoms with Crippen molar-refractivity contribution in [3.8, 4) is 0 Å². The molecule has 1 aromatic rings. The van der Waals surface area contributed by atoms with Crippen molar-refractivity contribution in [2.24, 2.45) is 7.05 Å². The zero-order valence-electron chi connectivity index (χ0n) is 10.7. The Hall–Kier alpha value is -1.22. The van der Waals surface area contributed by atoms with Gasteiger partial charge in [0.15, 0.2) is 15.5 Å². The molecule has 0 aliphatic carbocycles. The lowest BCUT2D eigenvalue weighted by molar-refractivity contribution is 0.0744. The highest BCUT2D eigenvalue weighted by Gasteiger charge is 2.36. The Morgan fingerprint density at radius 2 is 2.26 bits per heavy atom. The second kappa shape index (κ2) is 5.04. The number of carbonyl (C=O) groups excluding carboxylic acids is 1. The molecule has 0 spiro atoms. The van der Waals surface area contributed by atoms with Crippen LogP contribution in [0.5, 0.6) is 0 Å². The van der Waals surface area contributed by atoms with E-state index in [4.69, 9.17) is 5.73 Å². The van der Waals surface area contributed by atoms with Gasteiger partial charge in [0.25, 0.3) is 5.91 Å². The second-order valence-electron chi connectivity index (χ2n) is 4.46. The van der Waals surface area contributed by atoms with Gasteiger partial charge >= 0.3 is 0 Å². The molecule has 1 aliphatic heterocycles. The van der Waals surface area contributed by atoms with Crippen LogP contribution in [0, 0.1) is 0 Å². The van der Waals surface area contributed by atoms with Crippen molar-refractivity contribution in [3.63, 3.8) is 0 Å². The van der Waals surface area contributed by atoms with E-state index in [0.717, 1.165) is 6.26 Å². The van der Waals surface area contributed by atoms with Gasteiger partial charge in [0, 0.05) is 37.6 Å². The summed E-state index contributed by atoms with van der Waals surface area (Å²) in [6.07, 6.45) is 2.67. The molecule has 1 aliphatic rings. The standard InChI is InChI=1S/C10H16N4O3S2/c1-13-5-7(11)9(12-13)10(15)14-3-4-18-6-8(14)19(2,16)17/h5,8H,3-4,6,11H2,1-2H3. The highest BCUT2D eigenvalue weighted by atomic mass is 32.2. The van der Waals surface area contributed by atoms with E-state index in [-0.39, 0.29) is 11.4 Å². The predicted molar refractivity (Wildman–Crippen MR) is 74.6 cm³/mol. The van der Waals surface area contributed by atoms with Crippen LogP contribution in [0.15, 0.2) is 6.20 Å². The lowest BCUT2D eigenvalue weighted by Crippen LogP contribution is -2.50. The van der Waals surface area contributed by atoms with Crippen molar-refractivity contribution in [3.05, 3.63) is 11.9 Å². The maximum absolute atomic E-state index is 12.4. The molecule has 106 valence electrons. The Bertz CT molecular complexity index is 596. The second-order valence-corrected chi connectivity index (χ2v) is 7.82. The highest BCUT2D eigenvalue weighted by Crippen LogP contribution is 2.23. The van der Waals surface area contributed by atoms with Crippen LogP contribution in [-0.4, -0.2) is 58.7 Å². The summed E-state index contributed by atoms with van der Waals surface area (Å²) >= 11 is 1.53. The number of nitrogens with zero attached hydrogens (tertiary/aromatic N) is 3. The average Bonchev–Trinajstić information content (AvgIpc) is 2.66. The van der Waals surface area contributed by atoms with E-state index in [9.17, 15) is 13.2 Å². The number of amides is 1. The van der Waals surface area contributed by atoms with Gasteiger partial charge < -0.3 is 10.6 Å². The number of sulfone groups is 1. The third-order valence-corrected chi connectivity index (χ3v) is 5.54. The minimum atomic E-state index is -3.33. The van der Waals surface area contributed by atoms with Crippen LogP contribution in [0.3, 0.4) is 0 Å². The molecule has 0 radical (unpaired) electrons. The minimum Gasteiger partial charge on any atom is -0.396 e. The number of hydrogen-bond acceptors (Lipinski definition) is 6. The molecule has 9 heteroatoms. The Morgan fingerprint density at radius 3 is 2.79 bits per heavy atom. The van der Waals surface area contributed by atoms with Crippen molar-refractivity contribution in [2.75, 3.05) is 30.0 Å². The van der Waals surface area contributed by atoms with Gasteiger partial charge in [0.05, 0.1) is 5.69 Å². The highest BCUT2D eigenvalue weighted by molar-refractivity contribution is 8.00. The molecule has 2 heterocycles. The fraction of sp³-hybridized carbons (Fsp3) is 0.600. The van der Waals surface area contributed by atoms with E-state index in [0.29, 0.717) is 18.1 Å². The van der Waals surface area contributed by atoms with Gasteiger partial charge in [-0.2, -0.15) is 16.9 Å². The summed E-state index contributed by atoms with van der Waals surface area (Å²) in [5.41, 5.74) is 6.09. The summed E-state index contributed by atoms with van der Waals surface area (Å²) in [7, 11) is -1.67. The number of carbonyl (C=O) groups is 1. The summed E-state index contributed by atoms with van der Waals surface area (Å²) < 4.78 is 25.0. The van der Waals surface area contributed by atoms with Gasteiger partial charge in [-0.15, -0.1) is 0 Å². The van der Waals surface area contributed by atoms with Gasteiger partial charge in [0.2, 0.25) is 0 Å². The molecule has 0 aromatic carbocycles. The lowest BCUT2D eigenvalue weighted by Gasteiger charge is -2.33. The molecule has 1 unspecified atom stereocenters. The number of nitrogens with two attached hydrogens (primary N) is 1. The topological polar surface area (TPSA) is 98.3 Å². The van der Waals surface area contributed by atoms with E-state index in [2.05, 4.69) is 5.10 Å². The van der Waals surface area contributed by atoms with Crippen LogP contribution in [0.2, 0.25) is 0 Å². The van der Waals surface area contributed by atoms with Gasteiger partial charge in [-0.1, -0.05) is 0 Å². The number of aryl methyl sites for hydroxylation is 1. The molecular weight excluding hydrogens is 288 g/mol. The zero-order valence-corrected chi connectivity index (χ0v) is 12.4. The van der Waals surface area contributed by atoms with Gasteiger partial charge in [-0.3, -0.25) is 9.48 Å². The Balaban J connectivity index is 2.33. The number of aromatic nitrogens is 2. The van der Waals surface area contributed by atoms with Crippen LogP contribution < -0.4 is 5.73 Å². The van der Waals surface area contributed by atoms with Crippen LogP contribution >= 0.6 is 11.8 Å². The van der Waals surface area contributed by atoms with Gasteiger partial charge in [-0.25, -0.2) is 8.42 Å². The smallest absolute Gasteiger partial charge is 0.277 e. The summed E-state index contributed by atoms with van der Waals surface area (Å²) in [5.74, 6) is 0.677. The molecular formula is C10H16N4O3S2. The van der Waals surface area contributed by atoms with E-state index in [1.54, 1.807) is 7.05 Å². The van der Waals surface area contributed by atoms with E-state index >= 15 is 0 Å². The monoisotopic (exact) mass is 304 g/mol. The van der Waals surface area contributed by atoms with Crippen LogP contribution in [0.25, 0.3) is 0 Å². The third kappa shape index (κ3) is 2.86. The zero-order chi connectivity index (χ0) is 14.2. The molecule has 2 rings (SSSR count). The maximum atomic E-state index is 12.4. The Morgan fingerprint density at radius 1 is 1.58 bits per heavy atom. The SMILES string of the molecule is Cn1cc(N)c(C(=O)N2CCSCC2S(C)(=O)=O)n1. The fourth-order valence-electron chi connectivity index (χ4n) is 1.98. The van der Waals surface area contributed by atoms with Gasteiger partial charge in [-0.05, 0) is 0 Å². The largest absolute Gasteiger partial charge is 0.396 e. The molecule has 1 amide bonds. The summed E-state index contributed by atoms with van der Waals surface area (Å²) in [4.78, 5) is 13.7. The van der Waals surface area contributed by atoms with Gasteiger partial charge in [0.1, 0.15) is 5.37 Å². The summed E-state index contributed by atoms with van der Waals surface area (Å²) in [6.45, 7) is 0.386. The van der Waals surface area contributed by atoms with E-state index in [1.807, 2.05) is 0 Å². The van der Waals surface area contributed by atoms with Crippen molar-refractivity contribution < 1.29 is 13.2 Å². The molecule has 0 saturated carbocycles. The summed E-state index contributed by atoms with van der Waals surface area (Å²) in [6, 6.07) is 0. The number of nitrogen functional groups attached to an aromatic ring is 1. The van der Waals surface area contributed by atoms with Crippen molar-refractivity contribution in [2.45, 2.75) is 5.37 Å². The van der Waals surface area contributed by atoms with Crippen LogP contribution in [-0.2, 0) is 16.9 Å². The Kier molecular flexibility index (Phi) is 3.77. The maximum Gasteiger partial charge on any atom is 0.277 e. The van der Waals surface area contributed by atoms with E-state index in [1.165, 1.54) is 27.5 Å². The first-order chi connectivity index (χ1) is 8.80. The minimum absolute atomic E-state index is 0.114. The normalized spacial score (nSPS) is 20.5. The number of anilines is 1. The molecule has 2 N–H and O–H groups in total. The van der Waals surface area contributed by atoms with Crippen molar-refractivity contribution >= 4 is 33.2 Å². The average molecular weight is 304 g/mol. The quantitative estimate of drug-likeness (QED) is 0.795. The number of rotatable bonds is 2. The summed E-state index contributed by atoms with van der Waals surface area (Å²) in [5, 5.41) is 3.20. The molecule has 7 nitrogen and oxygen atoms in total. The van der Waals surface area contributed by atoms with Crippen molar-refractivity contribution in [1.29, 1.82) is 0 Å². The molecule has 1 fully saturated rings. The molecule has 1 saturated heterocycles. The lowest BCUT2D eigenvalue weighted by atomic mass is 10.3. The predicted octanol–water partition coefficient (Wildman–Crippen LogP) is -0.438. The van der Waals surface area contributed by atoms with Crippen molar-refractivity contribution in [1.82, 2.24) is 14.7 Å².